The second-order valence-electron chi connectivity index (χ2n) is 5.04. The summed E-state index contributed by atoms with van der Waals surface area (Å²) in [5, 5.41) is 0. The molecule has 0 saturated heterocycles. The maximum absolute atomic E-state index is 6.01. The van der Waals surface area contributed by atoms with Crippen LogP contribution in [-0.2, 0) is 6.42 Å². The molecule has 0 aliphatic heterocycles. The summed E-state index contributed by atoms with van der Waals surface area (Å²) in [7, 11) is 0. The van der Waals surface area contributed by atoms with Crippen LogP contribution in [0.3, 0.4) is 0 Å². The lowest BCUT2D eigenvalue weighted by Crippen LogP contribution is -2.41. The minimum Gasteiger partial charge on any atom is -0.368 e. The number of rotatable bonds is 7. The maximum Gasteiger partial charge on any atom is 0.0415 e. The molecule has 0 heterocycles. The van der Waals surface area contributed by atoms with Crippen molar-refractivity contribution in [2.45, 2.75) is 25.8 Å². The first-order valence-corrected chi connectivity index (χ1v) is 7.40. The van der Waals surface area contributed by atoms with E-state index >= 15 is 0 Å². The Kier molecular flexibility index (Phi) is 5.63. The molecule has 2 N–H and O–H groups in total. The van der Waals surface area contributed by atoms with Gasteiger partial charge in [0.2, 0.25) is 0 Å². The molecular formula is C18H24N2. The smallest absolute Gasteiger partial charge is 0.0415 e. The highest BCUT2D eigenvalue weighted by atomic mass is 15.2. The molecule has 106 valence electrons. The van der Waals surface area contributed by atoms with Gasteiger partial charge in [-0.05, 0) is 37.5 Å². The zero-order chi connectivity index (χ0) is 14.2. The van der Waals surface area contributed by atoms with Crippen molar-refractivity contribution in [3.63, 3.8) is 0 Å². The van der Waals surface area contributed by atoms with E-state index in [1.165, 1.54) is 11.3 Å². The molecule has 0 bridgehead atoms. The number of nitrogens with zero attached hydrogens (tertiary/aromatic N) is 1. The Morgan fingerprint density at radius 1 is 0.950 bits per heavy atom. The predicted molar refractivity (Wildman–Crippen MR) is 87.1 cm³/mol. The van der Waals surface area contributed by atoms with Gasteiger partial charge in [-0.1, -0.05) is 48.5 Å². The van der Waals surface area contributed by atoms with Crippen LogP contribution in [0.2, 0.25) is 0 Å². The van der Waals surface area contributed by atoms with Gasteiger partial charge in [0.1, 0.15) is 0 Å². The molecule has 20 heavy (non-hydrogen) atoms. The Bertz CT molecular complexity index is 481. The minimum absolute atomic E-state index is 0.391. The summed E-state index contributed by atoms with van der Waals surface area (Å²) >= 11 is 0. The van der Waals surface area contributed by atoms with Gasteiger partial charge >= 0.3 is 0 Å². The number of benzene rings is 2. The Balaban J connectivity index is 2.03. The summed E-state index contributed by atoms with van der Waals surface area (Å²) in [6, 6.07) is 21.6. The monoisotopic (exact) mass is 268 g/mol. The number of anilines is 1. The van der Waals surface area contributed by atoms with E-state index in [2.05, 4.69) is 72.5 Å². The van der Waals surface area contributed by atoms with Crippen LogP contribution in [0, 0.1) is 0 Å². The molecule has 1 atom stereocenters. The molecule has 2 nitrogen and oxygen atoms in total. The van der Waals surface area contributed by atoms with Crippen molar-refractivity contribution in [2.75, 3.05) is 18.0 Å². The summed E-state index contributed by atoms with van der Waals surface area (Å²) in [5.74, 6) is 0. The fourth-order valence-electron chi connectivity index (χ4n) is 2.65. The number of hydrogen-bond acceptors (Lipinski definition) is 2. The van der Waals surface area contributed by atoms with Crippen LogP contribution in [0.1, 0.15) is 18.9 Å². The van der Waals surface area contributed by atoms with E-state index in [0.717, 1.165) is 19.4 Å². The molecule has 2 aromatic carbocycles. The Hall–Kier alpha value is -1.80. The molecule has 2 aromatic rings. The van der Waals surface area contributed by atoms with Crippen LogP contribution in [0.15, 0.2) is 60.7 Å². The topological polar surface area (TPSA) is 29.3 Å². The van der Waals surface area contributed by atoms with Crippen LogP contribution in [0.25, 0.3) is 0 Å². The normalized spacial score (nSPS) is 12.1. The van der Waals surface area contributed by atoms with E-state index in [9.17, 15) is 0 Å². The lowest BCUT2D eigenvalue weighted by molar-refractivity contribution is 0.566. The highest BCUT2D eigenvalue weighted by Gasteiger charge is 2.15. The average Bonchev–Trinajstić information content (AvgIpc) is 2.53. The van der Waals surface area contributed by atoms with Crippen LogP contribution in [0.4, 0.5) is 5.69 Å². The molecular weight excluding hydrogens is 244 g/mol. The van der Waals surface area contributed by atoms with E-state index in [1.54, 1.807) is 0 Å². The third-order valence-corrected chi connectivity index (χ3v) is 3.75. The summed E-state index contributed by atoms with van der Waals surface area (Å²) in [4.78, 5) is 2.41. The van der Waals surface area contributed by atoms with Crippen LogP contribution in [0.5, 0.6) is 0 Å². The first-order valence-electron chi connectivity index (χ1n) is 7.40. The van der Waals surface area contributed by atoms with Gasteiger partial charge in [-0.2, -0.15) is 0 Å². The highest BCUT2D eigenvalue weighted by Crippen LogP contribution is 2.18. The molecule has 0 aromatic heterocycles. The molecule has 0 radical (unpaired) electrons. The number of aryl methyl sites for hydroxylation is 1. The van der Waals surface area contributed by atoms with Gasteiger partial charge in [-0.3, -0.25) is 0 Å². The summed E-state index contributed by atoms with van der Waals surface area (Å²) < 4.78 is 0. The zero-order valence-corrected chi connectivity index (χ0v) is 12.2. The van der Waals surface area contributed by atoms with Gasteiger partial charge < -0.3 is 10.6 Å². The van der Waals surface area contributed by atoms with Gasteiger partial charge in [-0.15, -0.1) is 0 Å². The molecule has 0 fully saturated rings. The van der Waals surface area contributed by atoms with Crippen molar-refractivity contribution in [2.24, 2.45) is 5.73 Å². The molecule has 0 aliphatic carbocycles. The van der Waals surface area contributed by atoms with Gasteiger partial charge in [0.15, 0.2) is 0 Å². The Morgan fingerprint density at radius 2 is 1.55 bits per heavy atom. The van der Waals surface area contributed by atoms with Crippen LogP contribution in [-0.4, -0.2) is 19.1 Å². The largest absolute Gasteiger partial charge is 0.368 e. The van der Waals surface area contributed by atoms with Crippen molar-refractivity contribution in [1.29, 1.82) is 0 Å². The molecule has 1 unspecified atom stereocenters. The zero-order valence-electron chi connectivity index (χ0n) is 12.2. The first kappa shape index (κ1) is 14.6. The number of nitrogens with two attached hydrogens (primary N) is 1. The Morgan fingerprint density at radius 3 is 2.10 bits per heavy atom. The van der Waals surface area contributed by atoms with Crippen molar-refractivity contribution < 1.29 is 0 Å². The highest BCUT2D eigenvalue weighted by molar-refractivity contribution is 5.47. The number of hydrogen-bond donors (Lipinski definition) is 1. The van der Waals surface area contributed by atoms with Gasteiger partial charge in [0, 0.05) is 24.8 Å². The van der Waals surface area contributed by atoms with E-state index in [0.29, 0.717) is 12.6 Å². The fraction of sp³-hybridized carbons (Fsp3) is 0.333. The van der Waals surface area contributed by atoms with Gasteiger partial charge in [-0.25, -0.2) is 0 Å². The molecule has 0 amide bonds. The van der Waals surface area contributed by atoms with E-state index < -0.39 is 0 Å². The second-order valence-corrected chi connectivity index (χ2v) is 5.04. The van der Waals surface area contributed by atoms with Gasteiger partial charge in [0.05, 0.1) is 0 Å². The second kappa shape index (κ2) is 7.71. The summed E-state index contributed by atoms with van der Waals surface area (Å²) in [6.07, 6.45) is 2.16. The fourth-order valence-corrected chi connectivity index (χ4v) is 2.65. The molecule has 0 saturated carbocycles. The predicted octanol–water partition coefficient (Wildman–Crippen LogP) is 3.47. The number of para-hydroxylation sites is 1. The van der Waals surface area contributed by atoms with Crippen molar-refractivity contribution >= 4 is 5.69 Å². The third-order valence-electron chi connectivity index (χ3n) is 3.75. The molecule has 0 aliphatic rings. The average molecular weight is 268 g/mol. The quantitative estimate of drug-likeness (QED) is 0.833. The Labute approximate surface area is 122 Å². The first-order chi connectivity index (χ1) is 9.85. The summed E-state index contributed by atoms with van der Waals surface area (Å²) in [6.45, 7) is 3.87. The maximum atomic E-state index is 6.01. The lowest BCUT2D eigenvalue weighted by Gasteiger charge is -2.32. The van der Waals surface area contributed by atoms with E-state index in [1.807, 2.05) is 0 Å². The van der Waals surface area contributed by atoms with E-state index in [4.69, 9.17) is 5.73 Å². The lowest BCUT2D eigenvalue weighted by atomic mass is 10.0. The molecule has 2 heteroatoms. The standard InChI is InChI=1S/C18H24N2/c1-2-20(17-11-7-4-8-12-17)18(15-19)14-13-16-9-5-3-6-10-16/h3-12,18H,2,13-15,19H2,1H3. The van der Waals surface area contributed by atoms with E-state index in [-0.39, 0.29) is 0 Å². The SMILES string of the molecule is CCN(c1ccccc1)C(CN)CCc1ccccc1. The van der Waals surface area contributed by atoms with Crippen LogP contribution >= 0.6 is 0 Å². The van der Waals surface area contributed by atoms with Crippen molar-refractivity contribution in [3.05, 3.63) is 66.2 Å². The summed E-state index contributed by atoms with van der Waals surface area (Å²) in [5.41, 5.74) is 8.66. The molecule has 2 rings (SSSR count). The van der Waals surface area contributed by atoms with Crippen LogP contribution < -0.4 is 10.6 Å². The number of likely N-dealkylation sites (N-methyl/N-ethyl adjacent to an activating group) is 1. The van der Waals surface area contributed by atoms with Gasteiger partial charge in [0.25, 0.3) is 0 Å². The molecule has 0 spiro atoms. The third kappa shape index (κ3) is 3.84. The van der Waals surface area contributed by atoms with Crippen molar-refractivity contribution in [1.82, 2.24) is 0 Å². The van der Waals surface area contributed by atoms with Crippen molar-refractivity contribution in [3.8, 4) is 0 Å². The minimum atomic E-state index is 0.391.